The lowest BCUT2D eigenvalue weighted by Gasteiger charge is -2.28. The summed E-state index contributed by atoms with van der Waals surface area (Å²) < 4.78 is 1.85. The van der Waals surface area contributed by atoms with Crippen LogP contribution in [0.3, 0.4) is 0 Å². The van der Waals surface area contributed by atoms with Gasteiger partial charge in [-0.2, -0.15) is 5.10 Å². The zero-order chi connectivity index (χ0) is 10.5. The predicted molar refractivity (Wildman–Crippen MR) is 54.4 cm³/mol. The van der Waals surface area contributed by atoms with Gasteiger partial charge in [-0.05, 0) is 18.8 Å². The average molecular weight is 192 g/mol. The molecular weight excluding hydrogens is 176 g/mol. The Morgan fingerprint density at radius 1 is 1.36 bits per heavy atom. The molecular formula is C11H16N2O. The van der Waals surface area contributed by atoms with Crippen molar-refractivity contribution < 1.29 is 4.79 Å². The van der Waals surface area contributed by atoms with Crippen molar-refractivity contribution in [1.82, 2.24) is 9.78 Å². The van der Waals surface area contributed by atoms with Crippen molar-refractivity contribution in [3.63, 3.8) is 0 Å². The molecule has 0 atom stereocenters. The first-order chi connectivity index (χ1) is 6.41. The molecule has 0 N–H and O–H groups in total. The van der Waals surface area contributed by atoms with Crippen LogP contribution in [0.4, 0.5) is 0 Å². The van der Waals surface area contributed by atoms with Crippen molar-refractivity contribution in [3.05, 3.63) is 17.0 Å². The van der Waals surface area contributed by atoms with Gasteiger partial charge in [-0.3, -0.25) is 9.48 Å². The Morgan fingerprint density at radius 3 is 2.64 bits per heavy atom. The SMILES string of the molecule is Cc1nn(C)c2c1C(=O)CC(C)(C)C2. The minimum atomic E-state index is 0.0876. The molecule has 0 amide bonds. The van der Waals surface area contributed by atoms with E-state index in [1.165, 1.54) is 0 Å². The lowest BCUT2D eigenvalue weighted by atomic mass is 9.76. The average Bonchev–Trinajstić information content (AvgIpc) is 2.24. The van der Waals surface area contributed by atoms with E-state index in [1.54, 1.807) is 0 Å². The number of ketones is 1. The first-order valence-electron chi connectivity index (χ1n) is 4.96. The van der Waals surface area contributed by atoms with Crippen LogP contribution in [0.15, 0.2) is 0 Å². The fourth-order valence-electron chi connectivity index (χ4n) is 2.31. The third kappa shape index (κ3) is 1.27. The Labute approximate surface area is 84.1 Å². The zero-order valence-corrected chi connectivity index (χ0v) is 9.22. The lowest BCUT2D eigenvalue weighted by molar-refractivity contribution is 0.0909. The quantitative estimate of drug-likeness (QED) is 0.629. The van der Waals surface area contributed by atoms with Gasteiger partial charge in [0.2, 0.25) is 0 Å². The summed E-state index contributed by atoms with van der Waals surface area (Å²) in [5.74, 6) is 0.252. The first kappa shape index (κ1) is 9.44. The summed E-state index contributed by atoms with van der Waals surface area (Å²) in [4.78, 5) is 11.9. The Hall–Kier alpha value is -1.12. The number of carbonyl (C=O) groups is 1. The van der Waals surface area contributed by atoms with Crippen LogP contribution in [0.5, 0.6) is 0 Å². The fraction of sp³-hybridized carbons (Fsp3) is 0.636. The largest absolute Gasteiger partial charge is 0.294 e. The number of hydrogen-bond donors (Lipinski definition) is 0. The van der Waals surface area contributed by atoms with E-state index in [2.05, 4.69) is 18.9 Å². The molecule has 2 rings (SSSR count). The van der Waals surface area contributed by atoms with Gasteiger partial charge in [0.05, 0.1) is 11.3 Å². The molecule has 0 spiro atoms. The summed E-state index contributed by atoms with van der Waals surface area (Å²) in [6.45, 7) is 6.18. The van der Waals surface area contributed by atoms with Crippen LogP contribution >= 0.6 is 0 Å². The second kappa shape index (κ2) is 2.69. The molecule has 1 aromatic rings. The van der Waals surface area contributed by atoms with E-state index in [4.69, 9.17) is 0 Å². The van der Waals surface area contributed by atoms with E-state index in [-0.39, 0.29) is 11.2 Å². The molecule has 0 fully saturated rings. The number of rotatable bonds is 0. The number of Topliss-reactive ketones (excluding diaryl/α,β-unsaturated/α-hetero) is 1. The Balaban J connectivity index is 2.58. The number of carbonyl (C=O) groups excluding carboxylic acids is 1. The Bertz CT molecular complexity index is 402. The van der Waals surface area contributed by atoms with Crippen LogP contribution in [-0.4, -0.2) is 15.6 Å². The van der Waals surface area contributed by atoms with Gasteiger partial charge in [-0.1, -0.05) is 13.8 Å². The second-order valence-electron chi connectivity index (χ2n) is 4.97. The summed E-state index contributed by atoms with van der Waals surface area (Å²) >= 11 is 0. The van der Waals surface area contributed by atoms with Gasteiger partial charge in [0.15, 0.2) is 5.78 Å². The van der Waals surface area contributed by atoms with E-state index >= 15 is 0 Å². The van der Waals surface area contributed by atoms with Crippen molar-refractivity contribution in [1.29, 1.82) is 0 Å². The van der Waals surface area contributed by atoms with Crippen molar-refractivity contribution in [2.24, 2.45) is 12.5 Å². The molecule has 0 unspecified atom stereocenters. The Morgan fingerprint density at radius 2 is 2.00 bits per heavy atom. The van der Waals surface area contributed by atoms with Gasteiger partial charge in [0, 0.05) is 19.2 Å². The number of hydrogen-bond acceptors (Lipinski definition) is 2. The summed E-state index contributed by atoms with van der Waals surface area (Å²) in [6, 6.07) is 0. The van der Waals surface area contributed by atoms with E-state index in [0.717, 1.165) is 23.4 Å². The number of nitrogens with zero attached hydrogens (tertiary/aromatic N) is 2. The second-order valence-corrected chi connectivity index (χ2v) is 4.97. The summed E-state index contributed by atoms with van der Waals surface area (Å²) in [6.07, 6.45) is 1.60. The summed E-state index contributed by atoms with van der Waals surface area (Å²) in [5.41, 5.74) is 2.93. The van der Waals surface area contributed by atoms with Gasteiger partial charge in [0.1, 0.15) is 0 Å². The molecule has 1 aliphatic rings. The maximum atomic E-state index is 11.9. The van der Waals surface area contributed by atoms with Gasteiger partial charge in [-0.25, -0.2) is 0 Å². The highest BCUT2D eigenvalue weighted by atomic mass is 16.1. The van der Waals surface area contributed by atoms with E-state index < -0.39 is 0 Å². The normalized spacial score (nSPS) is 19.6. The standard InChI is InChI=1S/C11H16N2O/c1-7-10-8(13(4)12-7)5-11(2,3)6-9(10)14/h5-6H2,1-4H3. The molecule has 3 heteroatoms. The monoisotopic (exact) mass is 192 g/mol. The maximum Gasteiger partial charge on any atom is 0.167 e. The number of fused-ring (bicyclic) bond motifs is 1. The molecule has 0 saturated heterocycles. The molecule has 3 nitrogen and oxygen atoms in total. The van der Waals surface area contributed by atoms with Crippen LogP contribution < -0.4 is 0 Å². The highest BCUT2D eigenvalue weighted by Gasteiger charge is 2.34. The fourth-order valence-corrected chi connectivity index (χ4v) is 2.31. The van der Waals surface area contributed by atoms with Crippen LogP contribution in [0.25, 0.3) is 0 Å². The summed E-state index contributed by atoms with van der Waals surface area (Å²) in [7, 11) is 1.92. The van der Waals surface area contributed by atoms with Crippen LogP contribution in [-0.2, 0) is 13.5 Å². The molecule has 1 aromatic heterocycles. The minimum Gasteiger partial charge on any atom is -0.294 e. The van der Waals surface area contributed by atoms with Crippen LogP contribution in [0, 0.1) is 12.3 Å². The molecule has 0 bridgehead atoms. The lowest BCUT2D eigenvalue weighted by Crippen LogP contribution is -2.27. The molecule has 0 aromatic carbocycles. The maximum absolute atomic E-state index is 11.9. The summed E-state index contributed by atoms with van der Waals surface area (Å²) in [5, 5.41) is 4.30. The first-order valence-corrected chi connectivity index (χ1v) is 4.96. The topological polar surface area (TPSA) is 34.9 Å². The third-order valence-electron chi connectivity index (χ3n) is 2.90. The predicted octanol–water partition coefficient (Wildman–Crippen LogP) is 1.88. The van der Waals surface area contributed by atoms with Crippen molar-refractivity contribution in [3.8, 4) is 0 Å². The van der Waals surface area contributed by atoms with E-state index in [9.17, 15) is 4.79 Å². The smallest absolute Gasteiger partial charge is 0.167 e. The van der Waals surface area contributed by atoms with Crippen molar-refractivity contribution in [2.75, 3.05) is 0 Å². The highest BCUT2D eigenvalue weighted by Crippen LogP contribution is 2.35. The van der Waals surface area contributed by atoms with Gasteiger partial charge in [0.25, 0.3) is 0 Å². The van der Waals surface area contributed by atoms with Gasteiger partial charge >= 0.3 is 0 Å². The molecule has 14 heavy (non-hydrogen) atoms. The Kier molecular flexibility index (Phi) is 1.81. The third-order valence-corrected chi connectivity index (χ3v) is 2.90. The van der Waals surface area contributed by atoms with Crippen LogP contribution in [0.2, 0.25) is 0 Å². The van der Waals surface area contributed by atoms with E-state index in [1.807, 2.05) is 18.7 Å². The molecule has 1 aliphatic carbocycles. The zero-order valence-electron chi connectivity index (χ0n) is 9.22. The van der Waals surface area contributed by atoms with Gasteiger partial charge < -0.3 is 0 Å². The number of aryl methyl sites for hydroxylation is 2. The van der Waals surface area contributed by atoms with Crippen molar-refractivity contribution in [2.45, 2.75) is 33.6 Å². The minimum absolute atomic E-state index is 0.0876. The number of aromatic nitrogens is 2. The highest BCUT2D eigenvalue weighted by molar-refractivity contribution is 5.99. The van der Waals surface area contributed by atoms with Crippen LogP contribution in [0.1, 0.15) is 42.0 Å². The van der Waals surface area contributed by atoms with Gasteiger partial charge in [-0.15, -0.1) is 0 Å². The molecule has 1 heterocycles. The van der Waals surface area contributed by atoms with E-state index in [0.29, 0.717) is 6.42 Å². The molecule has 76 valence electrons. The van der Waals surface area contributed by atoms with Crippen molar-refractivity contribution >= 4 is 5.78 Å². The molecule has 0 saturated carbocycles. The molecule has 0 aliphatic heterocycles. The molecule has 0 radical (unpaired) electrons.